The molecule has 1 aliphatic rings. The molecule has 106 valence electrons. The van der Waals surface area contributed by atoms with Gasteiger partial charge in [0.1, 0.15) is 0 Å². The molecule has 0 aliphatic carbocycles. The molecule has 0 bridgehead atoms. The quantitative estimate of drug-likeness (QED) is 0.925. The van der Waals surface area contributed by atoms with E-state index in [1.807, 2.05) is 0 Å². The van der Waals surface area contributed by atoms with Crippen molar-refractivity contribution in [1.82, 2.24) is 5.32 Å². The summed E-state index contributed by atoms with van der Waals surface area (Å²) in [5.41, 5.74) is 0.626. The minimum atomic E-state index is -3.39. The predicted octanol–water partition coefficient (Wildman–Crippen LogP) is 3.60. The molecule has 6 heteroatoms. The maximum absolute atomic E-state index is 12.4. The summed E-state index contributed by atoms with van der Waals surface area (Å²) < 4.78 is 24.9. The maximum Gasteiger partial charge on any atom is 0.182 e. The van der Waals surface area contributed by atoms with Crippen LogP contribution in [0, 0.1) is 0 Å². The highest BCUT2D eigenvalue weighted by Gasteiger charge is 2.38. The zero-order valence-electron chi connectivity index (χ0n) is 10.9. The fourth-order valence-corrected chi connectivity index (χ4v) is 5.02. The van der Waals surface area contributed by atoms with Gasteiger partial charge in [-0.1, -0.05) is 30.1 Å². The van der Waals surface area contributed by atoms with Crippen LogP contribution in [0.2, 0.25) is 10.0 Å². The summed E-state index contributed by atoms with van der Waals surface area (Å²) in [6.07, 6.45) is 1.50. The van der Waals surface area contributed by atoms with Crippen molar-refractivity contribution in [3.8, 4) is 0 Å². The molecule has 1 heterocycles. The summed E-state index contributed by atoms with van der Waals surface area (Å²) in [5.74, 6) is 0. The summed E-state index contributed by atoms with van der Waals surface area (Å²) in [5, 5.41) is 3.62. The van der Waals surface area contributed by atoms with Gasteiger partial charge in [0.2, 0.25) is 0 Å². The molecular weight excluding hydrogens is 305 g/mol. The van der Waals surface area contributed by atoms with Crippen molar-refractivity contribution in [2.45, 2.75) is 42.9 Å². The van der Waals surface area contributed by atoms with Crippen LogP contribution >= 0.6 is 23.2 Å². The largest absolute Gasteiger partial charge is 0.310 e. The summed E-state index contributed by atoms with van der Waals surface area (Å²) in [7, 11) is -3.39. The molecule has 0 radical (unpaired) electrons. The summed E-state index contributed by atoms with van der Waals surface area (Å²) in [6.45, 7) is 4.60. The van der Waals surface area contributed by atoms with Gasteiger partial charge in [0.05, 0.1) is 15.2 Å². The fourth-order valence-electron chi connectivity index (χ4n) is 2.44. The Labute approximate surface area is 124 Å². The minimum absolute atomic E-state index is 0.0559. The first-order valence-corrected chi connectivity index (χ1v) is 8.65. The van der Waals surface area contributed by atoms with E-state index in [4.69, 9.17) is 23.2 Å². The minimum Gasteiger partial charge on any atom is -0.310 e. The number of halogens is 2. The Hall–Kier alpha value is -0.290. The van der Waals surface area contributed by atoms with Gasteiger partial charge in [-0.05, 0) is 38.4 Å². The average molecular weight is 322 g/mol. The van der Waals surface area contributed by atoms with Crippen molar-refractivity contribution >= 4 is 33.0 Å². The second-order valence-corrected chi connectivity index (χ2v) is 7.99. The first-order valence-electron chi connectivity index (χ1n) is 6.34. The zero-order chi connectivity index (χ0) is 14.2. The average Bonchev–Trinajstić information content (AvgIpc) is 2.35. The number of rotatable bonds is 3. The Morgan fingerprint density at radius 3 is 2.58 bits per heavy atom. The van der Waals surface area contributed by atoms with Gasteiger partial charge in [0.25, 0.3) is 0 Å². The third-order valence-electron chi connectivity index (χ3n) is 3.47. The molecular formula is C13H17Cl2NO2S. The Balaban J connectivity index is 2.61. The SMILES string of the molecule is CCCNC1CC(C)S(=O)(=O)c2c(Cl)ccc(Cl)c21. The van der Waals surface area contributed by atoms with Gasteiger partial charge in [-0.2, -0.15) is 0 Å². The van der Waals surface area contributed by atoms with Crippen LogP contribution < -0.4 is 5.32 Å². The van der Waals surface area contributed by atoms with Crippen LogP contribution in [0.5, 0.6) is 0 Å². The molecule has 0 spiro atoms. The van der Waals surface area contributed by atoms with Crippen LogP contribution in [0.25, 0.3) is 0 Å². The van der Waals surface area contributed by atoms with Crippen LogP contribution in [0.1, 0.15) is 38.3 Å². The van der Waals surface area contributed by atoms with Crippen molar-refractivity contribution < 1.29 is 8.42 Å². The van der Waals surface area contributed by atoms with E-state index in [1.54, 1.807) is 19.1 Å². The molecule has 0 saturated heterocycles. The van der Waals surface area contributed by atoms with Crippen LogP contribution in [0.4, 0.5) is 0 Å². The van der Waals surface area contributed by atoms with Crippen molar-refractivity contribution in [2.24, 2.45) is 0 Å². The first kappa shape index (κ1) is 15.1. The molecule has 1 aromatic rings. The lowest BCUT2D eigenvalue weighted by molar-refractivity contribution is 0.463. The second-order valence-electron chi connectivity index (χ2n) is 4.87. The highest BCUT2D eigenvalue weighted by atomic mass is 35.5. The monoisotopic (exact) mass is 321 g/mol. The number of hydrogen-bond acceptors (Lipinski definition) is 3. The number of benzene rings is 1. The van der Waals surface area contributed by atoms with Crippen molar-refractivity contribution in [1.29, 1.82) is 0 Å². The highest BCUT2D eigenvalue weighted by Crippen LogP contribution is 2.43. The Morgan fingerprint density at radius 1 is 1.32 bits per heavy atom. The fraction of sp³-hybridized carbons (Fsp3) is 0.538. The van der Waals surface area contributed by atoms with E-state index in [9.17, 15) is 8.42 Å². The van der Waals surface area contributed by atoms with Crippen molar-refractivity contribution in [3.05, 3.63) is 27.7 Å². The summed E-state index contributed by atoms with van der Waals surface area (Å²) in [6, 6.07) is 3.16. The van der Waals surface area contributed by atoms with E-state index in [1.165, 1.54) is 0 Å². The third-order valence-corrected chi connectivity index (χ3v) is 6.48. The number of fused-ring (bicyclic) bond motifs is 1. The van der Waals surface area contributed by atoms with Gasteiger partial charge < -0.3 is 5.32 Å². The second kappa shape index (κ2) is 5.60. The molecule has 0 amide bonds. The first-order chi connectivity index (χ1) is 8.89. The Morgan fingerprint density at radius 2 is 1.95 bits per heavy atom. The molecule has 1 N–H and O–H groups in total. The van der Waals surface area contributed by atoms with Gasteiger partial charge in [-0.15, -0.1) is 0 Å². The predicted molar refractivity (Wildman–Crippen MR) is 78.8 cm³/mol. The zero-order valence-corrected chi connectivity index (χ0v) is 13.2. The normalized spacial score (nSPS) is 25.1. The summed E-state index contributed by atoms with van der Waals surface area (Å²) >= 11 is 12.3. The van der Waals surface area contributed by atoms with E-state index >= 15 is 0 Å². The molecule has 3 nitrogen and oxygen atoms in total. The van der Waals surface area contributed by atoms with Gasteiger partial charge in [-0.3, -0.25) is 0 Å². The van der Waals surface area contributed by atoms with Gasteiger partial charge in [0, 0.05) is 16.6 Å². The standard InChI is InChI=1S/C13H17Cl2NO2S/c1-3-6-16-11-7-8(2)19(17,18)13-10(15)5-4-9(14)12(11)13/h4-5,8,11,16H,3,6-7H2,1-2H3. The van der Waals surface area contributed by atoms with Gasteiger partial charge >= 0.3 is 0 Å². The number of sulfone groups is 1. The molecule has 1 aliphatic heterocycles. The molecule has 1 aromatic carbocycles. The summed E-state index contributed by atoms with van der Waals surface area (Å²) in [4.78, 5) is 0.203. The molecule has 2 rings (SSSR count). The lowest BCUT2D eigenvalue weighted by Crippen LogP contribution is -2.35. The molecule has 0 aromatic heterocycles. The Bertz CT molecular complexity index is 587. The van der Waals surface area contributed by atoms with Crippen molar-refractivity contribution in [2.75, 3.05) is 6.54 Å². The van der Waals surface area contributed by atoms with E-state index in [0.717, 1.165) is 13.0 Å². The molecule has 19 heavy (non-hydrogen) atoms. The Kier molecular flexibility index (Phi) is 4.45. The lowest BCUT2D eigenvalue weighted by Gasteiger charge is -2.31. The molecule has 2 atom stereocenters. The topological polar surface area (TPSA) is 46.2 Å². The van der Waals surface area contributed by atoms with E-state index in [0.29, 0.717) is 17.0 Å². The van der Waals surface area contributed by atoms with Crippen LogP contribution in [0.3, 0.4) is 0 Å². The molecule has 0 saturated carbocycles. The maximum atomic E-state index is 12.4. The van der Waals surface area contributed by atoms with Crippen LogP contribution in [0.15, 0.2) is 17.0 Å². The number of nitrogens with one attached hydrogen (secondary N) is 1. The third kappa shape index (κ3) is 2.64. The van der Waals surface area contributed by atoms with E-state index < -0.39 is 15.1 Å². The van der Waals surface area contributed by atoms with Gasteiger partial charge in [-0.25, -0.2) is 8.42 Å². The lowest BCUT2D eigenvalue weighted by atomic mass is 10.0. The van der Waals surface area contributed by atoms with Crippen LogP contribution in [-0.2, 0) is 9.84 Å². The van der Waals surface area contributed by atoms with E-state index in [-0.39, 0.29) is 16.0 Å². The smallest absolute Gasteiger partial charge is 0.182 e. The van der Waals surface area contributed by atoms with E-state index in [2.05, 4.69) is 12.2 Å². The highest BCUT2D eigenvalue weighted by molar-refractivity contribution is 7.92. The molecule has 0 fully saturated rings. The van der Waals surface area contributed by atoms with Crippen molar-refractivity contribution in [3.63, 3.8) is 0 Å². The number of hydrogen-bond donors (Lipinski definition) is 1. The molecule has 2 unspecified atom stereocenters. The van der Waals surface area contributed by atoms with Crippen LogP contribution in [-0.4, -0.2) is 20.2 Å². The van der Waals surface area contributed by atoms with Gasteiger partial charge in [0.15, 0.2) is 9.84 Å².